The Hall–Kier alpha value is -2.50. The Morgan fingerprint density at radius 2 is 2.32 bits per heavy atom. The zero-order chi connectivity index (χ0) is 13.8. The summed E-state index contributed by atoms with van der Waals surface area (Å²) in [5.74, 6) is 0.180. The van der Waals surface area contributed by atoms with Crippen LogP contribution in [0.1, 0.15) is 21.7 Å². The number of nitrogens with two attached hydrogens (primary N) is 1. The largest absolute Gasteiger partial charge is 0.495 e. The summed E-state index contributed by atoms with van der Waals surface area (Å²) < 4.78 is 5.24. The third-order valence-corrected chi connectivity index (χ3v) is 2.86. The van der Waals surface area contributed by atoms with Gasteiger partial charge in [-0.1, -0.05) is 0 Å². The predicted octanol–water partition coefficient (Wildman–Crippen LogP) is 1.44. The van der Waals surface area contributed by atoms with Gasteiger partial charge in [0.15, 0.2) is 0 Å². The van der Waals surface area contributed by atoms with Gasteiger partial charge in [-0.3, -0.25) is 4.79 Å². The Morgan fingerprint density at radius 1 is 1.53 bits per heavy atom. The number of aromatic amines is 1. The zero-order valence-electron chi connectivity index (χ0n) is 10.9. The molecule has 0 aliphatic heterocycles. The second-order valence-electron chi connectivity index (χ2n) is 4.11. The number of aryl methyl sites for hydroxylation is 1. The van der Waals surface area contributed by atoms with Crippen molar-refractivity contribution in [3.8, 4) is 5.75 Å². The summed E-state index contributed by atoms with van der Waals surface area (Å²) in [5.41, 5.74) is 8.31. The first-order valence-electron chi connectivity index (χ1n) is 5.82. The van der Waals surface area contributed by atoms with E-state index in [0.29, 0.717) is 23.5 Å². The number of amides is 1. The van der Waals surface area contributed by atoms with E-state index in [2.05, 4.69) is 15.3 Å². The van der Waals surface area contributed by atoms with Crippen LogP contribution in [0.5, 0.6) is 5.75 Å². The highest BCUT2D eigenvalue weighted by molar-refractivity contribution is 5.94. The van der Waals surface area contributed by atoms with Crippen molar-refractivity contribution in [2.75, 3.05) is 12.4 Å². The van der Waals surface area contributed by atoms with Gasteiger partial charge < -0.3 is 20.8 Å². The first kappa shape index (κ1) is 12.9. The minimum Gasteiger partial charge on any atom is -0.495 e. The van der Waals surface area contributed by atoms with Crippen LogP contribution in [0.15, 0.2) is 24.5 Å². The molecule has 2 rings (SSSR count). The number of ether oxygens (including phenoxy) is 1. The van der Waals surface area contributed by atoms with Crippen molar-refractivity contribution in [2.45, 2.75) is 13.5 Å². The molecule has 1 amide bonds. The molecule has 0 radical (unpaired) electrons. The molecule has 0 saturated heterocycles. The monoisotopic (exact) mass is 260 g/mol. The summed E-state index contributed by atoms with van der Waals surface area (Å²) >= 11 is 0. The number of carbonyl (C=O) groups excluding carboxylic acids is 1. The van der Waals surface area contributed by atoms with Crippen molar-refractivity contribution in [3.63, 3.8) is 0 Å². The molecular weight excluding hydrogens is 244 g/mol. The molecule has 0 spiro atoms. The van der Waals surface area contributed by atoms with Gasteiger partial charge in [0.25, 0.3) is 0 Å². The Balaban J connectivity index is 2.20. The lowest BCUT2D eigenvalue weighted by molar-refractivity contribution is 0.100. The lowest BCUT2D eigenvalue weighted by Crippen LogP contribution is -2.12. The number of benzene rings is 1. The molecule has 1 aromatic heterocycles. The van der Waals surface area contributed by atoms with Gasteiger partial charge >= 0.3 is 0 Å². The molecule has 2 aromatic rings. The van der Waals surface area contributed by atoms with Crippen LogP contribution in [0.4, 0.5) is 5.69 Å². The van der Waals surface area contributed by atoms with E-state index in [1.807, 2.05) is 6.92 Å². The van der Waals surface area contributed by atoms with E-state index < -0.39 is 5.91 Å². The van der Waals surface area contributed by atoms with Crippen LogP contribution in [0.3, 0.4) is 0 Å². The molecule has 100 valence electrons. The summed E-state index contributed by atoms with van der Waals surface area (Å²) in [6.45, 7) is 2.48. The van der Waals surface area contributed by atoms with Crippen molar-refractivity contribution >= 4 is 11.6 Å². The summed E-state index contributed by atoms with van der Waals surface area (Å²) in [4.78, 5) is 18.4. The number of nitrogens with zero attached hydrogens (tertiary/aromatic N) is 1. The predicted molar refractivity (Wildman–Crippen MR) is 72.2 cm³/mol. The second-order valence-corrected chi connectivity index (χ2v) is 4.11. The Kier molecular flexibility index (Phi) is 3.70. The minimum absolute atomic E-state index is 0.432. The van der Waals surface area contributed by atoms with E-state index in [4.69, 9.17) is 10.5 Å². The maximum atomic E-state index is 11.2. The molecule has 0 aliphatic carbocycles. The number of imidazole rings is 1. The molecule has 0 fully saturated rings. The van der Waals surface area contributed by atoms with Crippen LogP contribution >= 0.6 is 0 Å². The summed E-state index contributed by atoms with van der Waals surface area (Å²) in [6.07, 6.45) is 1.64. The number of methoxy groups -OCH3 is 1. The molecule has 19 heavy (non-hydrogen) atoms. The fourth-order valence-corrected chi connectivity index (χ4v) is 1.74. The van der Waals surface area contributed by atoms with Crippen LogP contribution in [0, 0.1) is 6.92 Å². The first-order chi connectivity index (χ1) is 9.11. The van der Waals surface area contributed by atoms with E-state index in [-0.39, 0.29) is 0 Å². The summed E-state index contributed by atoms with van der Waals surface area (Å²) in [5, 5.41) is 3.19. The van der Waals surface area contributed by atoms with Gasteiger partial charge in [-0.05, 0) is 25.1 Å². The fraction of sp³-hybridized carbons (Fsp3) is 0.231. The number of hydrogen-bond acceptors (Lipinski definition) is 4. The SMILES string of the molecule is COc1ccc(C(N)=O)cc1NCc1nc[nH]c1C. The highest BCUT2D eigenvalue weighted by Gasteiger charge is 2.08. The number of aromatic nitrogens is 2. The lowest BCUT2D eigenvalue weighted by Gasteiger charge is -2.11. The van der Waals surface area contributed by atoms with E-state index in [0.717, 1.165) is 11.4 Å². The molecule has 0 aliphatic rings. The molecule has 0 unspecified atom stereocenters. The van der Waals surface area contributed by atoms with Crippen LogP contribution in [-0.4, -0.2) is 23.0 Å². The smallest absolute Gasteiger partial charge is 0.248 e. The molecule has 0 saturated carbocycles. The number of anilines is 1. The highest BCUT2D eigenvalue weighted by atomic mass is 16.5. The third kappa shape index (κ3) is 2.85. The fourth-order valence-electron chi connectivity index (χ4n) is 1.74. The topological polar surface area (TPSA) is 93.0 Å². The molecule has 6 nitrogen and oxygen atoms in total. The zero-order valence-corrected chi connectivity index (χ0v) is 10.9. The maximum absolute atomic E-state index is 11.2. The molecule has 1 heterocycles. The van der Waals surface area contributed by atoms with Crippen molar-refractivity contribution in [1.82, 2.24) is 9.97 Å². The summed E-state index contributed by atoms with van der Waals surface area (Å²) in [7, 11) is 1.57. The Labute approximate surface area is 111 Å². The molecule has 1 aromatic carbocycles. The Morgan fingerprint density at radius 3 is 2.89 bits per heavy atom. The van der Waals surface area contributed by atoms with E-state index in [9.17, 15) is 4.79 Å². The van der Waals surface area contributed by atoms with Crippen LogP contribution in [-0.2, 0) is 6.54 Å². The van der Waals surface area contributed by atoms with Gasteiger partial charge in [-0.15, -0.1) is 0 Å². The van der Waals surface area contributed by atoms with Crippen molar-refractivity contribution < 1.29 is 9.53 Å². The van der Waals surface area contributed by atoms with E-state index in [1.165, 1.54) is 0 Å². The van der Waals surface area contributed by atoms with E-state index >= 15 is 0 Å². The number of hydrogen-bond donors (Lipinski definition) is 3. The number of H-pyrrole nitrogens is 1. The standard InChI is InChI=1S/C13H16N4O2/c1-8-11(17-7-16-8)6-15-10-5-9(13(14)18)3-4-12(10)19-2/h3-5,7,15H,6H2,1-2H3,(H2,14,18)(H,16,17). The third-order valence-electron chi connectivity index (χ3n) is 2.86. The highest BCUT2D eigenvalue weighted by Crippen LogP contribution is 2.25. The van der Waals surface area contributed by atoms with Crippen LogP contribution in [0.25, 0.3) is 0 Å². The maximum Gasteiger partial charge on any atom is 0.248 e. The van der Waals surface area contributed by atoms with Crippen molar-refractivity contribution in [3.05, 3.63) is 41.5 Å². The first-order valence-corrected chi connectivity index (χ1v) is 5.82. The molecule has 0 atom stereocenters. The average molecular weight is 260 g/mol. The lowest BCUT2D eigenvalue weighted by atomic mass is 10.1. The van der Waals surface area contributed by atoms with Gasteiger partial charge in [-0.25, -0.2) is 4.98 Å². The summed E-state index contributed by atoms with van der Waals surface area (Å²) in [6, 6.07) is 5.01. The number of nitrogens with one attached hydrogen (secondary N) is 2. The quantitative estimate of drug-likeness (QED) is 0.758. The van der Waals surface area contributed by atoms with Crippen molar-refractivity contribution in [1.29, 1.82) is 0 Å². The van der Waals surface area contributed by atoms with Gasteiger partial charge in [-0.2, -0.15) is 0 Å². The van der Waals surface area contributed by atoms with Gasteiger partial charge in [0.2, 0.25) is 5.91 Å². The minimum atomic E-state index is -0.471. The number of primary amides is 1. The van der Waals surface area contributed by atoms with E-state index in [1.54, 1.807) is 31.6 Å². The second kappa shape index (κ2) is 5.43. The Bertz CT molecular complexity index is 592. The molecule has 4 N–H and O–H groups in total. The van der Waals surface area contributed by atoms with Gasteiger partial charge in [0.1, 0.15) is 5.75 Å². The van der Waals surface area contributed by atoms with Crippen molar-refractivity contribution in [2.24, 2.45) is 5.73 Å². The molecule has 6 heteroatoms. The molecule has 0 bridgehead atoms. The van der Waals surface area contributed by atoms with Crippen LogP contribution < -0.4 is 15.8 Å². The molecular formula is C13H16N4O2. The van der Waals surface area contributed by atoms with Gasteiger partial charge in [0, 0.05) is 11.3 Å². The van der Waals surface area contributed by atoms with Crippen LogP contribution in [0.2, 0.25) is 0 Å². The number of carbonyl (C=O) groups is 1. The average Bonchev–Trinajstić information content (AvgIpc) is 2.81. The normalized spacial score (nSPS) is 10.2. The van der Waals surface area contributed by atoms with Gasteiger partial charge in [0.05, 0.1) is 31.4 Å². The number of rotatable bonds is 5.